The molecule has 0 aliphatic heterocycles. The first-order valence-corrected chi connectivity index (χ1v) is 8.40. The minimum Gasteiger partial charge on any atom is -0.466 e. The summed E-state index contributed by atoms with van der Waals surface area (Å²) in [5.41, 5.74) is 0.900. The molecule has 0 atom stereocenters. The van der Waals surface area contributed by atoms with Gasteiger partial charge in [0.15, 0.2) is 8.32 Å². The second kappa shape index (κ2) is 5.64. The summed E-state index contributed by atoms with van der Waals surface area (Å²) < 4.78 is 10.5. The van der Waals surface area contributed by atoms with Gasteiger partial charge in [-0.25, -0.2) is 4.79 Å². The lowest BCUT2D eigenvalue weighted by atomic mass is 10.2. The van der Waals surface area contributed by atoms with E-state index in [9.17, 15) is 4.79 Å². The van der Waals surface area contributed by atoms with Crippen LogP contribution in [0.3, 0.4) is 0 Å². The van der Waals surface area contributed by atoms with Gasteiger partial charge in [-0.3, -0.25) is 0 Å². The highest BCUT2D eigenvalue weighted by atomic mass is 28.4. The van der Waals surface area contributed by atoms with Crippen molar-refractivity contribution in [1.29, 1.82) is 0 Å². The van der Waals surface area contributed by atoms with Crippen molar-refractivity contribution in [2.75, 3.05) is 13.7 Å². The molecule has 0 amide bonds. The van der Waals surface area contributed by atoms with E-state index < -0.39 is 8.32 Å². The summed E-state index contributed by atoms with van der Waals surface area (Å²) in [6, 6.07) is 0. The lowest BCUT2D eigenvalue weighted by molar-refractivity contribution is -0.134. The van der Waals surface area contributed by atoms with Crippen LogP contribution in [0.5, 0.6) is 0 Å². The van der Waals surface area contributed by atoms with Crippen LogP contribution >= 0.6 is 0 Å². The Bertz CT molecular complexity index is 274. The zero-order valence-electron chi connectivity index (χ0n) is 11.5. The molecule has 3 nitrogen and oxygen atoms in total. The third-order valence-electron chi connectivity index (χ3n) is 3.03. The molecular formula is C12H24O3Si. The van der Waals surface area contributed by atoms with Crippen LogP contribution in [-0.2, 0) is 14.0 Å². The minimum atomic E-state index is -1.72. The number of esters is 1. The Morgan fingerprint density at radius 2 is 1.81 bits per heavy atom. The van der Waals surface area contributed by atoms with Gasteiger partial charge >= 0.3 is 5.97 Å². The highest BCUT2D eigenvalue weighted by Gasteiger charge is 2.36. The standard InChI is InChI=1S/C12H24O3Si/c1-10(8-11(13)14-5)9-15-16(6,7)12(2,3)4/h8H,9H2,1-7H3/b10-8+. The van der Waals surface area contributed by atoms with Crippen molar-refractivity contribution in [3.8, 4) is 0 Å². The maximum atomic E-state index is 11.0. The number of ether oxygens (including phenoxy) is 1. The molecule has 0 aliphatic carbocycles. The van der Waals surface area contributed by atoms with Crippen molar-refractivity contribution in [1.82, 2.24) is 0 Å². The Hall–Kier alpha value is -0.613. The van der Waals surface area contributed by atoms with E-state index in [1.165, 1.54) is 13.2 Å². The molecule has 0 heterocycles. The third-order valence-corrected chi connectivity index (χ3v) is 7.51. The van der Waals surface area contributed by atoms with Gasteiger partial charge in [-0.2, -0.15) is 0 Å². The Kier molecular flexibility index (Phi) is 5.42. The summed E-state index contributed by atoms with van der Waals surface area (Å²) >= 11 is 0. The van der Waals surface area contributed by atoms with Gasteiger partial charge in [-0.05, 0) is 30.6 Å². The molecule has 0 saturated carbocycles. The maximum Gasteiger partial charge on any atom is 0.330 e. The molecule has 0 aromatic rings. The van der Waals surface area contributed by atoms with Crippen LogP contribution in [0.1, 0.15) is 27.7 Å². The van der Waals surface area contributed by atoms with Crippen LogP contribution in [0.25, 0.3) is 0 Å². The van der Waals surface area contributed by atoms with Gasteiger partial charge in [0, 0.05) is 6.08 Å². The summed E-state index contributed by atoms with van der Waals surface area (Å²) in [7, 11) is -0.346. The van der Waals surface area contributed by atoms with E-state index in [0.29, 0.717) is 6.61 Å². The first-order chi connectivity index (χ1) is 7.10. The second-order valence-corrected chi connectivity index (χ2v) is 10.4. The molecule has 0 unspecified atom stereocenters. The zero-order chi connectivity index (χ0) is 13.0. The number of hydrogen-bond acceptors (Lipinski definition) is 3. The van der Waals surface area contributed by atoms with Crippen LogP contribution in [0.15, 0.2) is 11.6 Å². The molecule has 0 aliphatic rings. The number of carbonyl (C=O) groups excluding carboxylic acids is 1. The number of methoxy groups -OCH3 is 1. The van der Waals surface area contributed by atoms with Crippen LogP contribution in [0.4, 0.5) is 0 Å². The van der Waals surface area contributed by atoms with Crippen LogP contribution in [-0.4, -0.2) is 28.0 Å². The molecule has 0 radical (unpaired) electrons. The number of carbonyl (C=O) groups is 1. The van der Waals surface area contributed by atoms with Crippen LogP contribution in [0.2, 0.25) is 18.1 Å². The van der Waals surface area contributed by atoms with Gasteiger partial charge in [0.1, 0.15) is 0 Å². The van der Waals surface area contributed by atoms with E-state index in [4.69, 9.17) is 4.43 Å². The van der Waals surface area contributed by atoms with Gasteiger partial charge in [-0.1, -0.05) is 20.8 Å². The molecule has 0 rings (SSSR count). The Morgan fingerprint density at radius 1 is 1.31 bits per heavy atom. The summed E-state index contributed by atoms with van der Waals surface area (Å²) in [5, 5.41) is 0.193. The predicted molar refractivity (Wildman–Crippen MR) is 68.9 cm³/mol. The molecule has 0 fully saturated rings. The van der Waals surface area contributed by atoms with E-state index in [2.05, 4.69) is 38.6 Å². The fourth-order valence-electron chi connectivity index (χ4n) is 0.813. The van der Waals surface area contributed by atoms with E-state index in [0.717, 1.165) is 5.57 Å². The van der Waals surface area contributed by atoms with Gasteiger partial charge in [0.25, 0.3) is 0 Å². The molecule has 0 saturated heterocycles. The van der Waals surface area contributed by atoms with Gasteiger partial charge in [0.05, 0.1) is 13.7 Å². The van der Waals surface area contributed by atoms with Gasteiger partial charge in [-0.15, -0.1) is 0 Å². The molecule has 16 heavy (non-hydrogen) atoms. The molecular weight excluding hydrogens is 220 g/mol. The maximum absolute atomic E-state index is 11.0. The fourth-order valence-corrected chi connectivity index (χ4v) is 1.83. The van der Waals surface area contributed by atoms with Crippen molar-refractivity contribution in [3.63, 3.8) is 0 Å². The average molecular weight is 244 g/mol. The summed E-state index contributed by atoms with van der Waals surface area (Å²) in [6.45, 7) is 13.3. The first kappa shape index (κ1) is 15.4. The molecule has 0 aromatic heterocycles. The SMILES string of the molecule is COC(=O)/C=C(\C)CO[Si](C)(C)C(C)(C)C. The fraction of sp³-hybridized carbons (Fsp3) is 0.750. The van der Waals surface area contributed by atoms with E-state index in [1.54, 1.807) is 0 Å². The largest absolute Gasteiger partial charge is 0.466 e. The summed E-state index contributed by atoms with van der Waals surface area (Å²) in [6.07, 6.45) is 1.48. The molecule has 0 spiro atoms. The second-order valence-electron chi connectivity index (χ2n) is 5.56. The van der Waals surface area contributed by atoms with Crippen LogP contribution in [0, 0.1) is 0 Å². The van der Waals surface area contributed by atoms with Crippen molar-refractivity contribution < 1.29 is 14.0 Å². The van der Waals surface area contributed by atoms with E-state index in [1.807, 2.05) is 6.92 Å². The molecule has 0 aromatic carbocycles. The van der Waals surface area contributed by atoms with Gasteiger partial charge in [0.2, 0.25) is 0 Å². The molecule has 94 valence electrons. The van der Waals surface area contributed by atoms with E-state index >= 15 is 0 Å². The first-order valence-electron chi connectivity index (χ1n) is 5.49. The predicted octanol–water partition coefficient (Wildman–Crippen LogP) is 3.13. The monoisotopic (exact) mass is 244 g/mol. The van der Waals surface area contributed by atoms with Gasteiger partial charge < -0.3 is 9.16 Å². The Labute approximate surface area is 100.0 Å². The van der Waals surface area contributed by atoms with Crippen molar-refractivity contribution in [2.45, 2.75) is 45.8 Å². The van der Waals surface area contributed by atoms with E-state index in [-0.39, 0.29) is 11.0 Å². The lowest BCUT2D eigenvalue weighted by Gasteiger charge is -2.36. The van der Waals surface area contributed by atoms with Crippen molar-refractivity contribution >= 4 is 14.3 Å². The Balaban J connectivity index is 4.36. The average Bonchev–Trinajstić information content (AvgIpc) is 2.13. The molecule has 0 bridgehead atoms. The molecule has 4 heteroatoms. The minimum absolute atomic E-state index is 0.193. The highest BCUT2D eigenvalue weighted by molar-refractivity contribution is 6.74. The smallest absolute Gasteiger partial charge is 0.330 e. The highest BCUT2D eigenvalue weighted by Crippen LogP contribution is 2.36. The number of hydrogen-bond donors (Lipinski definition) is 0. The third kappa shape index (κ3) is 4.94. The normalized spacial score (nSPS) is 13.8. The Morgan fingerprint density at radius 3 is 2.19 bits per heavy atom. The van der Waals surface area contributed by atoms with Crippen molar-refractivity contribution in [3.05, 3.63) is 11.6 Å². The summed E-state index contributed by atoms with van der Waals surface area (Å²) in [5.74, 6) is -0.323. The van der Waals surface area contributed by atoms with Crippen LogP contribution < -0.4 is 0 Å². The zero-order valence-corrected chi connectivity index (χ0v) is 12.5. The quantitative estimate of drug-likeness (QED) is 0.433. The summed E-state index contributed by atoms with van der Waals surface area (Å²) in [4.78, 5) is 11.0. The topological polar surface area (TPSA) is 35.5 Å². The molecule has 0 N–H and O–H groups in total. The number of rotatable bonds is 4. The van der Waals surface area contributed by atoms with Crippen molar-refractivity contribution in [2.24, 2.45) is 0 Å². The lowest BCUT2D eigenvalue weighted by Crippen LogP contribution is -2.41.